The molecular weight excluding hydrogens is 179 g/mol. The van der Waals surface area contributed by atoms with Gasteiger partial charge in [0, 0.05) is 10.6 Å². The van der Waals surface area contributed by atoms with Crippen LogP contribution in [-0.2, 0) is 0 Å². The van der Waals surface area contributed by atoms with Gasteiger partial charge in [-0.2, -0.15) is 5.26 Å². The Balaban J connectivity index is 3.62. The predicted molar refractivity (Wildman–Crippen MR) is 54.1 cm³/mol. The lowest BCUT2D eigenvalue weighted by molar-refractivity contribution is 0.617. The summed E-state index contributed by atoms with van der Waals surface area (Å²) in [6.07, 6.45) is 5.66. The lowest BCUT2D eigenvalue weighted by Gasteiger charge is -1.79. The van der Waals surface area contributed by atoms with Crippen molar-refractivity contribution >= 4 is 12.2 Å². The van der Waals surface area contributed by atoms with Gasteiger partial charge >= 0.3 is 0 Å². The van der Waals surface area contributed by atoms with Crippen LogP contribution in [0, 0.1) is 17.1 Å². The van der Waals surface area contributed by atoms with Gasteiger partial charge in [-0.15, -0.1) is 0 Å². The second-order valence-electron chi connectivity index (χ2n) is 2.77. The monoisotopic (exact) mass is 190 g/mol. The maximum atomic E-state index is 13.5. The Bertz CT molecular complexity index is 489. The number of aromatic nitrogens is 1. The van der Waals surface area contributed by atoms with E-state index in [1.165, 1.54) is 6.08 Å². The molecule has 1 N–H and O–H groups in total. The Morgan fingerprint density at radius 3 is 2.86 bits per heavy atom. The number of aromatic amines is 1. The summed E-state index contributed by atoms with van der Waals surface area (Å²) in [6.45, 7) is 5.45. The number of allylic oxidation sites excluding steroid dienone is 1. The van der Waals surface area contributed by atoms with E-state index in [4.69, 9.17) is 5.26 Å². The van der Waals surface area contributed by atoms with Crippen LogP contribution in [0.3, 0.4) is 0 Å². The molecule has 0 bridgehead atoms. The molecule has 0 radical (unpaired) electrons. The van der Waals surface area contributed by atoms with Gasteiger partial charge < -0.3 is 4.98 Å². The summed E-state index contributed by atoms with van der Waals surface area (Å²) >= 11 is 0. The second kappa shape index (κ2) is 4.43. The van der Waals surface area contributed by atoms with E-state index in [2.05, 4.69) is 11.6 Å². The number of nitriles is 1. The Hall–Kier alpha value is -1.82. The zero-order valence-corrected chi connectivity index (χ0v) is 7.97. The molecule has 0 aromatic carbocycles. The highest BCUT2D eigenvalue weighted by Gasteiger charge is 2.05. The molecule has 0 spiro atoms. The van der Waals surface area contributed by atoms with Crippen LogP contribution in [0.5, 0.6) is 0 Å². The van der Waals surface area contributed by atoms with Crippen LogP contribution in [0.2, 0.25) is 0 Å². The first kappa shape index (κ1) is 10.3. The third kappa shape index (κ3) is 1.74. The van der Waals surface area contributed by atoms with Gasteiger partial charge in [-0.3, -0.25) is 0 Å². The van der Waals surface area contributed by atoms with E-state index >= 15 is 0 Å². The molecule has 3 heteroatoms. The van der Waals surface area contributed by atoms with Crippen LogP contribution in [0.15, 0.2) is 12.7 Å². The fourth-order valence-electron chi connectivity index (χ4n) is 1.23. The number of nitrogens with zero attached hydrogens (tertiary/aromatic N) is 1. The highest BCUT2D eigenvalue weighted by molar-refractivity contribution is 5.41. The average molecular weight is 190 g/mol. The van der Waals surface area contributed by atoms with Gasteiger partial charge in [-0.25, -0.2) is 4.39 Å². The maximum Gasteiger partial charge on any atom is 0.166 e. The fourth-order valence-corrected chi connectivity index (χ4v) is 1.23. The summed E-state index contributed by atoms with van der Waals surface area (Å²) in [7, 11) is 0. The molecule has 1 aromatic heterocycles. The molecule has 0 saturated heterocycles. The van der Waals surface area contributed by atoms with Crippen LogP contribution < -0.4 is 10.6 Å². The van der Waals surface area contributed by atoms with Gasteiger partial charge in [-0.05, 0) is 6.42 Å². The molecule has 1 aromatic rings. The summed E-state index contributed by atoms with van der Waals surface area (Å²) in [5, 5.41) is 9.66. The minimum Gasteiger partial charge on any atom is -0.344 e. The van der Waals surface area contributed by atoms with E-state index in [1.807, 2.05) is 13.0 Å². The first-order valence-corrected chi connectivity index (χ1v) is 4.35. The zero-order valence-electron chi connectivity index (χ0n) is 7.97. The number of nitrogens with one attached hydrogen (secondary N) is 1. The normalized spacial score (nSPS) is 12.9. The molecule has 0 amide bonds. The third-order valence-electron chi connectivity index (χ3n) is 1.81. The Morgan fingerprint density at radius 1 is 1.64 bits per heavy atom. The second-order valence-corrected chi connectivity index (χ2v) is 2.77. The van der Waals surface area contributed by atoms with Crippen molar-refractivity contribution in [2.45, 2.75) is 13.3 Å². The van der Waals surface area contributed by atoms with Crippen LogP contribution in [0.25, 0.3) is 12.2 Å². The molecule has 0 fully saturated rings. The Morgan fingerprint density at radius 2 is 2.36 bits per heavy atom. The highest BCUT2D eigenvalue weighted by atomic mass is 19.1. The number of halogens is 1. The van der Waals surface area contributed by atoms with Crippen molar-refractivity contribution < 1.29 is 4.39 Å². The van der Waals surface area contributed by atoms with Crippen molar-refractivity contribution in [2.75, 3.05) is 0 Å². The number of H-pyrrole nitrogens is 1. The summed E-state index contributed by atoms with van der Waals surface area (Å²) in [5.41, 5.74) is -0.0298. The van der Waals surface area contributed by atoms with Gasteiger partial charge in [-0.1, -0.05) is 31.7 Å². The summed E-state index contributed by atoms with van der Waals surface area (Å²) in [4.78, 5) is 2.71. The fraction of sp³-hybridized carbons (Fsp3) is 0.182. The largest absolute Gasteiger partial charge is 0.344 e. The lowest BCUT2D eigenvalue weighted by Crippen LogP contribution is -2.24. The van der Waals surface area contributed by atoms with Crippen LogP contribution in [-0.4, -0.2) is 4.98 Å². The SMILES string of the molecule is C=C/C=c1/c(F)c(C#N)[nH]/c1=C/CC. The van der Waals surface area contributed by atoms with Gasteiger partial charge in [0.15, 0.2) is 11.5 Å². The standard InChI is InChI=1S/C11H11FN2/c1-3-5-8-9(6-4-2)14-10(7-13)11(8)12/h3,5-6,14H,1,4H2,2H3/b8-5+,9-6+. The molecule has 2 nitrogen and oxygen atoms in total. The third-order valence-corrected chi connectivity index (χ3v) is 1.81. The van der Waals surface area contributed by atoms with E-state index in [9.17, 15) is 4.39 Å². The number of rotatable bonds is 2. The number of hydrogen-bond donors (Lipinski definition) is 1. The van der Waals surface area contributed by atoms with Gasteiger partial charge in [0.05, 0.1) is 0 Å². The van der Waals surface area contributed by atoms with Crippen molar-refractivity contribution in [3.63, 3.8) is 0 Å². The smallest absolute Gasteiger partial charge is 0.166 e. The van der Waals surface area contributed by atoms with E-state index in [-0.39, 0.29) is 5.69 Å². The molecule has 0 atom stereocenters. The minimum atomic E-state index is -0.507. The van der Waals surface area contributed by atoms with Crippen LogP contribution in [0.1, 0.15) is 19.0 Å². The number of hydrogen-bond acceptors (Lipinski definition) is 1. The predicted octanol–water partition coefficient (Wildman–Crippen LogP) is 1.18. The van der Waals surface area contributed by atoms with Gasteiger partial charge in [0.25, 0.3) is 0 Å². The van der Waals surface area contributed by atoms with Crippen molar-refractivity contribution in [3.05, 3.63) is 34.7 Å². The highest BCUT2D eigenvalue weighted by Crippen LogP contribution is 1.93. The van der Waals surface area contributed by atoms with E-state index in [1.54, 1.807) is 12.1 Å². The summed E-state index contributed by atoms with van der Waals surface area (Å²) in [5.74, 6) is -0.507. The quantitative estimate of drug-likeness (QED) is 0.747. The van der Waals surface area contributed by atoms with Gasteiger partial charge in [0.1, 0.15) is 6.07 Å². The molecule has 1 heterocycles. The summed E-state index contributed by atoms with van der Waals surface area (Å²) < 4.78 is 13.5. The molecule has 1 rings (SSSR count). The lowest BCUT2D eigenvalue weighted by atomic mass is 10.3. The van der Waals surface area contributed by atoms with Crippen LogP contribution in [0.4, 0.5) is 4.39 Å². The first-order chi connectivity index (χ1) is 6.74. The Labute approximate surface area is 81.7 Å². The van der Waals surface area contributed by atoms with E-state index in [0.29, 0.717) is 10.6 Å². The molecule has 0 aliphatic heterocycles. The van der Waals surface area contributed by atoms with Crippen molar-refractivity contribution in [3.8, 4) is 6.07 Å². The molecule has 14 heavy (non-hydrogen) atoms. The van der Waals surface area contributed by atoms with E-state index in [0.717, 1.165) is 6.42 Å². The topological polar surface area (TPSA) is 39.6 Å². The van der Waals surface area contributed by atoms with Crippen molar-refractivity contribution in [1.82, 2.24) is 4.98 Å². The van der Waals surface area contributed by atoms with Gasteiger partial charge in [0.2, 0.25) is 0 Å². The molecule has 0 aliphatic carbocycles. The summed E-state index contributed by atoms with van der Waals surface area (Å²) in [6, 6.07) is 1.77. The van der Waals surface area contributed by atoms with Crippen LogP contribution >= 0.6 is 0 Å². The maximum absolute atomic E-state index is 13.5. The first-order valence-electron chi connectivity index (χ1n) is 4.35. The Kier molecular flexibility index (Phi) is 3.24. The molecule has 0 aliphatic rings. The van der Waals surface area contributed by atoms with E-state index < -0.39 is 5.82 Å². The molecule has 0 saturated carbocycles. The minimum absolute atomic E-state index is 0.0298. The molecular formula is C11H11FN2. The zero-order chi connectivity index (χ0) is 10.6. The van der Waals surface area contributed by atoms with Crippen molar-refractivity contribution in [1.29, 1.82) is 5.26 Å². The molecule has 72 valence electrons. The molecule has 0 unspecified atom stereocenters. The average Bonchev–Trinajstić information content (AvgIpc) is 2.47. The van der Waals surface area contributed by atoms with Crippen molar-refractivity contribution in [2.24, 2.45) is 0 Å².